The monoisotopic (exact) mass is 552 g/mol. The lowest BCUT2D eigenvalue weighted by Crippen LogP contribution is -2.32. The number of halogens is 5. The van der Waals surface area contributed by atoms with Gasteiger partial charge < -0.3 is 15.4 Å². The molecule has 0 fully saturated rings. The maximum Gasteiger partial charge on any atom is 0.416 e. The van der Waals surface area contributed by atoms with E-state index >= 15 is 0 Å². The zero-order valence-corrected chi connectivity index (χ0v) is 20.1. The normalized spacial score (nSPS) is 11.2. The molecule has 3 amide bonds. The average Bonchev–Trinajstić information content (AvgIpc) is 2.85. The Labute approximate surface area is 218 Å². The molecule has 0 heterocycles. The van der Waals surface area contributed by atoms with E-state index in [9.17, 15) is 27.6 Å². The van der Waals surface area contributed by atoms with Gasteiger partial charge in [-0.3, -0.25) is 14.4 Å². The van der Waals surface area contributed by atoms with E-state index in [0.29, 0.717) is 22.3 Å². The van der Waals surface area contributed by atoms with Crippen LogP contribution in [-0.2, 0) is 20.6 Å². The summed E-state index contributed by atoms with van der Waals surface area (Å²) in [4.78, 5) is 36.2. The van der Waals surface area contributed by atoms with E-state index in [1.54, 1.807) is 30.3 Å². The number of amides is 3. The van der Waals surface area contributed by atoms with Crippen LogP contribution in [0, 0.1) is 0 Å². The Bertz CT molecular complexity index is 1350. The molecule has 0 saturated carbocycles. The van der Waals surface area contributed by atoms with Crippen molar-refractivity contribution in [3.05, 3.63) is 87.9 Å². The molecule has 0 unspecified atom stereocenters. The lowest BCUT2D eigenvalue weighted by atomic mass is 10.2. The molecule has 0 saturated heterocycles. The lowest BCUT2D eigenvalue weighted by Gasteiger charge is -2.10. The summed E-state index contributed by atoms with van der Waals surface area (Å²) in [6, 6.07) is 14.8. The van der Waals surface area contributed by atoms with E-state index in [4.69, 9.17) is 27.9 Å². The minimum atomic E-state index is -4.60. The number of para-hydroxylation sites is 1. The van der Waals surface area contributed by atoms with Gasteiger partial charge in [-0.05, 0) is 48.5 Å². The summed E-state index contributed by atoms with van der Waals surface area (Å²) in [6.07, 6.45) is -3.44. The van der Waals surface area contributed by atoms with Crippen LogP contribution in [0.3, 0.4) is 0 Å². The van der Waals surface area contributed by atoms with Crippen LogP contribution in [-0.4, -0.2) is 30.5 Å². The first kappa shape index (κ1) is 27.5. The van der Waals surface area contributed by atoms with Crippen molar-refractivity contribution in [3.63, 3.8) is 0 Å². The maximum atomic E-state index is 12.8. The van der Waals surface area contributed by atoms with E-state index in [-0.39, 0.29) is 23.1 Å². The molecule has 3 N–H and O–H groups in total. The number of carbonyl (C=O) groups is 3. The van der Waals surface area contributed by atoms with Gasteiger partial charge in [0.25, 0.3) is 5.91 Å². The molecule has 37 heavy (non-hydrogen) atoms. The molecule has 3 aromatic carbocycles. The van der Waals surface area contributed by atoms with Gasteiger partial charge >= 0.3 is 18.0 Å². The first-order valence-electron chi connectivity index (χ1n) is 10.3. The second kappa shape index (κ2) is 12.2. The van der Waals surface area contributed by atoms with Gasteiger partial charge in [-0.15, -0.1) is 0 Å². The van der Waals surface area contributed by atoms with E-state index in [1.807, 2.05) is 5.43 Å². The molecule has 0 aromatic heterocycles. The Kier molecular flexibility index (Phi) is 9.10. The Morgan fingerprint density at radius 1 is 0.865 bits per heavy atom. The number of ether oxygens (including phenoxy) is 1. The maximum absolute atomic E-state index is 12.8. The number of anilines is 2. The first-order chi connectivity index (χ1) is 17.5. The fourth-order valence-electron chi connectivity index (χ4n) is 2.81. The number of alkyl halides is 3. The summed E-state index contributed by atoms with van der Waals surface area (Å²) in [7, 11) is 0. The standard InChI is InChI=1S/C24H17Cl2F3N4O4/c25-18-9-8-17(11-19(18)26)31-21(34)13-37-20-7-2-1-4-14(20)12-30-33-23(36)22(35)32-16-6-3-5-15(10-16)24(27,28)29/h1-12H,13H2,(H,31,34)(H,32,35)(H,33,36). The third kappa shape index (κ3) is 8.23. The minimum absolute atomic E-state index is 0.211. The summed E-state index contributed by atoms with van der Waals surface area (Å²) in [5.41, 5.74) is 1.56. The molecule has 0 aliphatic rings. The first-order valence-corrected chi connectivity index (χ1v) is 11.1. The van der Waals surface area contributed by atoms with E-state index in [0.717, 1.165) is 12.1 Å². The zero-order valence-electron chi connectivity index (χ0n) is 18.6. The molecule has 8 nitrogen and oxygen atoms in total. The summed E-state index contributed by atoms with van der Waals surface area (Å²) >= 11 is 11.8. The van der Waals surface area contributed by atoms with Crippen molar-refractivity contribution in [1.82, 2.24) is 5.43 Å². The van der Waals surface area contributed by atoms with Crippen molar-refractivity contribution >= 4 is 58.5 Å². The summed E-state index contributed by atoms with van der Waals surface area (Å²) in [5, 5.41) is 8.93. The van der Waals surface area contributed by atoms with Crippen LogP contribution in [0.15, 0.2) is 71.8 Å². The molecular formula is C24H17Cl2F3N4O4. The molecule has 0 aliphatic carbocycles. The van der Waals surface area contributed by atoms with Crippen molar-refractivity contribution in [3.8, 4) is 5.75 Å². The lowest BCUT2D eigenvalue weighted by molar-refractivity contribution is -0.137. The molecule has 0 aliphatic heterocycles. The van der Waals surface area contributed by atoms with Crippen LogP contribution >= 0.6 is 23.2 Å². The van der Waals surface area contributed by atoms with Crippen molar-refractivity contribution in [1.29, 1.82) is 0 Å². The van der Waals surface area contributed by atoms with Gasteiger partial charge in [0.2, 0.25) is 0 Å². The minimum Gasteiger partial charge on any atom is -0.483 e. The molecule has 0 radical (unpaired) electrons. The Morgan fingerprint density at radius 2 is 1.59 bits per heavy atom. The second-order valence-corrected chi connectivity index (χ2v) is 8.05. The SMILES string of the molecule is O=C(COc1ccccc1C=NNC(=O)C(=O)Nc1cccc(C(F)(F)F)c1)Nc1ccc(Cl)c(Cl)c1. The number of nitrogens with one attached hydrogen (secondary N) is 3. The van der Waals surface area contributed by atoms with Crippen molar-refractivity contribution in [2.45, 2.75) is 6.18 Å². The number of nitrogens with zero attached hydrogens (tertiary/aromatic N) is 1. The molecule has 0 atom stereocenters. The zero-order chi connectivity index (χ0) is 27.0. The third-order valence-electron chi connectivity index (χ3n) is 4.50. The van der Waals surface area contributed by atoms with Gasteiger partial charge in [0.1, 0.15) is 5.75 Å². The quantitative estimate of drug-likeness (QED) is 0.215. The average molecular weight is 553 g/mol. The molecule has 3 rings (SSSR count). The Morgan fingerprint density at radius 3 is 2.32 bits per heavy atom. The number of rotatable bonds is 7. The predicted molar refractivity (Wildman–Crippen MR) is 133 cm³/mol. The van der Waals surface area contributed by atoms with E-state index < -0.39 is 29.5 Å². The molecule has 0 spiro atoms. The number of hydrogen-bond acceptors (Lipinski definition) is 5. The molecule has 0 bridgehead atoms. The van der Waals surface area contributed by atoms with Crippen LogP contribution < -0.4 is 20.8 Å². The second-order valence-electron chi connectivity index (χ2n) is 7.24. The smallest absolute Gasteiger partial charge is 0.416 e. The highest BCUT2D eigenvalue weighted by molar-refractivity contribution is 6.42. The molecular weight excluding hydrogens is 536 g/mol. The molecule has 13 heteroatoms. The van der Waals surface area contributed by atoms with Gasteiger partial charge in [-0.1, -0.05) is 41.4 Å². The van der Waals surface area contributed by atoms with E-state index in [2.05, 4.69) is 15.7 Å². The number of benzene rings is 3. The van der Waals surface area contributed by atoms with Gasteiger partial charge in [-0.2, -0.15) is 18.3 Å². The van der Waals surface area contributed by atoms with Crippen LogP contribution in [0.5, 0.6) is 5.75 Å². The van der Waals surface area contributed by atoms with Gasteiger partial charge in [0.05, 0.1) is 21.8 Å². The van der Waals surface area contributed by atoms with Crippen molar-refractivity contribution in [2.75, 3.05) is 17.2 Å². The summed E-state index contributed by atoms with van der Waals surface area (Å²) in [5.74, 6) is -2.67. The largest absolute Gasteiger partial charge is 0.483 e. The predicted octanol–water partition coefficient (Wildman–Crippen LogP) is 5.12. The van der Waals surface area contributed by atoms with Gasteiger partial charge in [0.15, 0.2) is 6.61 Å². The number of hydrazone groups is 1. The highest BCUT2D eigenvalue weighted by Crippen LogP contribution is 2.30. The fraction of sp³-hybridized carbons (Fsp3) is 0.0833. The van der Waals surface area contributed by atoms with Crippen molar-refractivity contribution in [2.24, 2.45) is 5.10 Å². The van der Waals surface area contributed by atoms with Crippen molar-refractivity contribution < 1.29 is 32.3 Å². The third-order valence-corrected chi connectivity index (χ3v) is 5.24. The summed E-state index contributed by atoms with van der Waals surface area (Å²) < 4.78 is 43.9. The number of carbonyl (C=O) groups excluding carboxylic acids is 3. The molecule has 192 valence electrons. The van der Waals surface area contributed by atoms with Gasteiger partial charge in [-0.25, -0.2) is 5.43 Å². The van der Waals surface area contributed by atoms with Crippen LogP contribution in [0.4, 0.5) is 24.5 Å². The summed E-state index contributed by atoms with van der Waals surface area (Å²) in [6.45, 7) is -0.364. The van der Waals surface area contributed by atoms with Crippen LogP contribution in [0.2, 0.25) is 10.0 Å². The topological polar surface area (TPSA) is 109 Å². The van der Waals surface area contributed by atoms with E-state index in [1.165, 1.54) is 24.4 Å². The van der Waals surface area contributed by atoms with Crippen LogP contribution in [0.1, 0.15) is 11.1 Å². The fourth-order valence-corrected chi connectivity index (χ4v) is 3.10. The highest BCUT2D eigenvalue weighted by atomic mass is 35.5. The van der Waals surface area contributed by atoms with Gasteiger partial charge in [0, 0.05) is 16.9 Å². The van der Waals surface area contributed by atoms with Crippen LogP contribution in [0.25, 0.3) is 0 Å². The Hall–Kier alpha value is -4.09. The highest BCUT2D eigenvalue weighted by Gasteiger charge is 2.30. The molecule has 3 aromatic rings. The Balaban J connectivity index is 1.54. The number of hydrogen-bond donors (Lipinski definition) is 3.